The Morgan fingerprint density at radius 1 is 1.45 bits per heavy atom. The topological polar surface area (TPSA) is 78.9 Å². The van der Waals surface area contributed by atoms with Crippen molar-refractivity contribution < 1.29 is 19.4 Å². The molecule has 0 bridgehead atoms. The predicted octanol–water partition coefficient (Wildman–Crippen LogP) is 1.95. The quantitative estimate of drug-likeness (QED) is 0.866. The molecule has 0 saturated carbocycles. The van der Waals surface area contributed by atoms with Gasteiger partial charge in [0.25, 0.3) is 0 Å². The molecule has 1 heterocycles. The minimum atomic E-state index is -1.05. The molecule has 2 amide bonds. The molecule has 1 atom stereocenters. The first-order chi connectivity index (χ1) is 9.49. The molecule has 0 spiro atoms. The van der Waals surface area contributed by atoms with Gasteiger partial charge in [0.2, 0.25) is 0 Å². The summed E-state index contributed by atoms with van der Waals surface area (Å²) in [6, 6.07) is 4.72. The van der Waals surface area contributed by atoms with Crippen molar-refractivity contribution in [1.82, 2.24) is 4.90 Å². The van der Waals surface area contributed by atoms with Crippen LogP contribution in [0, 0.1) is 6.92 Å². The summed E-state index contributed by atoms with van der Waals surface area (Å²) in [7, 11) is 0. The number of hydrogen-bond donors (Lipinski definition) is 2. The first-order valence-electron chi connectivity index (χ1n) is 6.49. The van der Waals surface area contributed by atoms with Gasteiger partial charge in [-0.3, -0.25) is 0 Å². The highest BCUT2D eigenvalue weighted by Gasteiger charge is 2.23. The van der Waals surface area contributed by atoms with Gasteiger partial charge in [0, 0.05) is 13.1 Å². The highest BCUT2D eigenvalue weighted by atomic mass is 16.5. The summed E-state index contributed by atoms with van der Waals surface area (Å²) < 4.78 is 5.37. The third-order valence-corrected chi connectivity index (χ3v) is 3.26. The number of carboxylic acid groups (broad SMARTS) is 1. The average Bonchev–Trinajstić information content (AvgIpc) is 2.38. The van der Waals surface area contributed by atoms with Gasteiger partial charge in [-0.2, -0.15) is 0 Å². The van der Waals surface area contributed by atoms with Crippen LogP contribution in [0.1, 0.15) is 22.8 Å². The number of ether oxygens (including phenoxy) is 1. The molecule has 1 saturated heterocycles. The smallest absolute Gasteiger partial charge is 0.338 e. The molecule has 1 fully saturated rings. The second-order valence-corrected chi connectivity index (χ2v) is 4.86. The van der Waals surface area contributed by atoms with Crippen LogP contribution in [0.15, 0.2) is 18.2 Å². The van der Waals surface area contributed by atoms with Gasteiger partial charge in [-0.1, -0.05) is 12.1 Å². The van der Waals surface area contributed by atoms with Crippen molar-refractivity contribution >= 4 is 17.7 Å². The lowest BCUT2D eigenvalue weighted by Crippen LogP contribution is -2.46. The predicted molar refractivity (Wildman–Crippen MR) is 74.1 cm³/mol. The minimum Gasteiger partial charge on any atom is -0.478 e. The van der Waals surface area contributed by atoms with Crippen LogP contribution in [0.4, 0.5) is 10.5 Å². The molecule has 1 unspecified atom stereocenters. The summed E-state index contributed by atoms with van der Waals surface area (Å²) in [5.74, 6) is -1.05. The van der Waals surface area contributed by atoms with E-state index in [9.17, 15) is 14.7 Å². The van der Waals surface area contributed by atoms with Crippen molar-refractivity contribution in [1.29, 1.82) is 0 Å². The van der Waals surface area contributed by atoms with Crippen molar-refractivity contribution in [3.8, 4) is 0 Å². The van der Waals surface area contributed by atoms with Gasteiger partial charge < -0.3 is 20.1 Å². The number of benzene rings is 1. The summed E-state index contributed by atoms with van der Waals surface area (Å²) in [4.78, 5) is 25.1. The van der Waals surface area contributed by atoms with E-state index in [1.54, 1.807) is 30.0 Å². The van der Waals surface area contributed by atoms with Crippen LogP contribution in [0.5, 0.6) is 0 Å². The maximum atomic E-state index is 12.2. The van der Waals surface area contributed by atoms with E-state index in [2.05, 4.69) is 5.32 Å². The van der Waals surface area contributed by atoms with Crippen molar-refractivity contribution in [2.45, 2.75) is 20.0 Å². The van der Waals surface area contributed by atoms with Crippen LogP contribution < -0.4 is 5.32 Å². The second-order valence-electron chi connectivity index (χ2n) is 4.86. The first kappa shape index (κ1) is 14.3. The standard InChI is InChI=1S/C14H18N2O4/c1-9-4-3-5-11(12(9)13(17)18)15-14(19)16-6-7-20-10(2)8-16/h3-5,10H,6-8H2,1-2H3,(H,15,19)(H,17,18). The SMILES string of the molecule is Cc1cccc(NC(=O)N2CCOC(C)C2)c1C(=O)O. The van der Waals surface area contributed by atoms with Gasteiger partial charge in [-0.25, -0.2) is 9.59 Å². The summed E-state index contributed by atoms with van der Waals surface area (Å²) in [6.45, 7) is 5.10. The van der Waals surface area contributed by atoms with Crippen molar-refractivity contribution in [3.05, 3.63) is 29.3 Å². The highest BCUT2D eigenvalue weighted by molar-refractivity contribution is 6.01. The van der Waals surface area contributed by atoms with E-state index in [4.69, 9.17) is 4.74 Å². The van der Waals surface area contributed by atoms with Gasteiger partial charge in [0.15, 0.2) is 0 Å². The monoisotopic (exact) mass is 278 g/mol. The number of aromatic carboxylic acids is 1. The third-order valence-electron chi connectivity index (χ3n) is 3.26. The Morgan fingerprint density at radius 2 is 2.20 bits per heavy atom. The lowest BCUT2D eigenvalue weighted by molar-refractivity contribution is -0.00139. The number of hydrogen-bond acceptors (Lipinski definition) is 3. The number of urea groups is 1. The van der Waals surface area contributed by atoms with E-state index in [1.807, 2.05) is 6.92 Å². The average molecular weight is 278 g/mol. The summed E-state index contributed by atoms with van der Waals surface area (Å²) in [5, 5.41) is 11.9. The summed E-state index contributed by atoms with van der Waals surface area (Å²) in [5.41, 5.74) is 1.06. The van der Waals surface area contributed by atoms with Crippen LogP contribution in [0.3, 0.4) is 0 Å². The molecule has 6 heteroatoms. The van der Waals surface area contributed by atoms with E-state index < -0.39 is 5.97 Å². The molecule has 108 valence electrons. The van der Waals surface area contributed by atoms with Crippen LogP contribution in [0.25, 0.3) is 0 Å². The number of amides is 2. The Morgan fingerprint density at radius 3 is 2.85 bits per heavy atom. The van der Waals surface area contributed by atoms with Crippen molar-refractivity contribution in [3.63, 3.8) is 0 Å². The molecule has 1 aromatic rings. The van der Waals surface area contributed by atoms with Gasteiger partial charge >= 0.3 is 12.0 Å². The zero-order valence-electron chi connectivity index (χ0n) is 11.5. The number of carbonyl (C=O) groups is 2. The lowest BCUT2D eigenvalue weighted by atomic mass is 10.1. The number of nitrogens with zero attached hydrogens (tertiary/aromatic N) is 1. The Labute approximate surface area is 117 Å². The zero-order valence-corrected chi connectivity index (χ0v) is 11.5. The molecule has 0 aliphatic carbocycles. The number of anilines is 1. The van der Waals surface area contributed by atoms with Crippen LogP contribution in [-0.4, -0.2) is 47.8 Å². The minimum absolute atomic E-state index is 0.00838. The lowest BCUT2D eigenvalue weighted by Gasteiger charge is -2.31. The van der Waals surface area contributed by atoms with E-state index >= 15 is 0 Å². The van der Waals surface area contributed by atoms with Crippen molar-refractivity contribution in [2.75, 3.05) is 25.0 Å². The van der Waals surface area contributed by atoms with Gasteiger partial charge in [0.05, 0.1) is 24.0 Å². The number of nitrogens with one attached hydrogen (secondary N) is 1. The first-order valence-corrected chi connectivity index (χ1v) is 6.49. The van der Waals surface area contributed by atoms with E-state index in [-0.39, 0.29) is 17.7 Å². The third kappa shape index (κ3) is 3.08. The van der Waals surface area contributed by atoms with Crippen LogP contribution in [-0.2, 0) is 4.74 Å². The molecule has 1 aliphatic heterocycles. The molecular formula is C14H18N2O4. The van der Waals surface area contributed by atoms with E-state index in [0.29, 0.717) is 30.9 Å². The number of aryl methyl sites for hydroxylation is 1. The molecular weight excluding hydrogens is 260 g/mol. The molecule has 20 heavy (non-hydrogen) atoms. The molecule has 1 aromatic carbocycles. The number of rotatable bonds is 2. The normalized spacial score (nSPS) is 18.7. The maximum absolute atomic E-state index is 12.2. The fourth-order valence-electron chi connectivity index (χ4n) is 2.25. The maximum Gasteiger partial charge on any atom is 0.338 e. The molecule has 6 nitrogen and oxygen atoms in total. The Hall–Kier alpha value is -2.08. The zero-order chi connectivity index (χ0) is 14.7. The van der Waals surface area contributed by atoms with Crippen LogP contribution in [0.2, 0.25) is 0 Å². The van der Waals surface area contributed by atoms with E-state index in [1.165, 1.54) is 0 Å². The Bertz CT molecular complexity index is 530. The fraction of sp³-hybridized carbons (Fsp3) is 0.429. The molecule has 2 rings (SSSR count). The Kier molecular flexibility index (Phi) is 4.24. The molecule has 2 N–H and O–H groups in total. The van der Waals surface area contributed by atoms with E-state index in [0.717, 1.165) is 0 Å². The number of morpholine rings is 1. The molecule has 0 aromatic heterocycles. The highest BCUT2D eigenvalue weighted by Crippen LogP contribution is 2.20. The van der Waals surface area contributed by atoms with Gasteiger partial charge in [0.1, 0.15) is 0 Å². The summed E-state index contributed by atoms with van der Waals surface area (Å²) >= 11 is 0. The van der Waals surface area contributed by atoms with Crippen molar-refractivity contribution in [2.24, 2.45) is 0 Å². The van der Waals surface area contributed by atoms with Crippen LogP contribution >= 0.6 is 0 Å². The number of carboxylic acids is 1. The van der Waals surface area contributed by atoms with Gasteiger partial charge in [-0.15, -0.1) is 0 Å². The Balaban J connectivity index is 2.15. The second kappa shape index (κ2) is 5.92. The largest absolute Gasteiger partial charge is 0.478 e. The fourth-order valence-corrected chi connectivity index (χ4v) is 2.25. The van der Waals surface area contributed by atoms with Gasteiger partial charge in [-0.05, 0) is 25.5 Å². The number of carbonyl (C=O) groups excluding carboxylic acids is 1. The summed E-state index contributed by atoms with van der Waals surface area (Å²) in [6.07, 6.45) is -0.00838. The molecule has 0 radical (unpaired) electrons. The molecule has 1 aliphatic rings.